The van der Waals surface area contributed by atoms with Crippen LogP contribution < -0.4 is 9.62 Å². The molecule has 2 heterocycles. The summed E-state index contributed by atoms with van der Waals surface area (Å²) in [5.41, 5.74) is 2.80. The molecule has 0 saturated heterocycles. The number of aryl methyl sites for hydroxylation is 1. The van der Waals surface area contributed by atoms with E-state index in [0.717, 1.165) is 24.8 Å². The van der Waals surface area contributed by atoms with Gasteiger partial charge in [-0.05, 0) is 55.2 Å². The molecule has 0 radical (unpaired) electrons. The van der Waals surface area contributed by atoms with Gasteiger partial charge in [-0.1, -0.05) is 13.8 Å². The number of sulfonamides is 1. The number of halogens is 1. The molecule has 31 heavy (non-hydrogen) atoms. The van der Waals surface area contributed by atoms with Crippen molar-refractivity contribution < 1.29 is 22.0 Å². The van der Waals surface area contributed by atoms with Gasteiger partial charge in [-0.2, -0.15) is 0 Å². The van der Waals surface area contributed by atoms with Crippen LogP contribution in [0.4, 0.5) is 10.1 Å². The van der Waals surface area contributed by atoms with Crippen LogP contribution in [0.2, 0.25) is 0 Å². The average molecular weight is 447 g/mol. The maximum absolute atomic E-state index is 13.4. The predicted molar refractivity (Wildman–Crippen MR) is 121 cm³/mol. The Balaban J connectivity index is 0.00000272. The van der Waals surface area contributed by atoms with Crippen molar-refractivity contribution in [1.82, 2.24) is 5.32 Å². The molecule has 8 heteroatoms. The van der Waals surface area contributed by atoms with E-state index in [1.54, 1.807) is 18.2 Å². The van der Waals surface area contributed by atoms with Crippen LogP contribution in [0.25, 0.3) is 22.3 Å². The number of carbonyl (C=O) groups is 1. The number of furan rings is 1. The summed E-state index contributed by atoms with van der Waals surface area (Å²) in [5.74, 6) is -0.379. The Labute approximate surface area is 182 Å². The Hall–Kier alpha value is -2.87. The molecule has 6 nitrogen and oxygen atoms in total. The van der Waals surface area contributed by atoms with Crippen molar-refractivity contribution in [2.75, 3.05) is 24.2 Å². The molecule has 0 fully saturated rings. The molecular formula is C23H27FN2O4S. The molecular weight excluding hydrogens is 419 g/mol. The van der Waals surface area contributed by atoms with Crippen LogP contribution in [0.5, 0.6) is 0 Å². The summed E-state index contributed by atoms with van der Waals surface area (Å²) in [7, 11) is -1.92. The normalized spacial score (nSPS) is 14.4. The molecule has 1 aliphatic rings. The van der Waals surface area contributed by atoms with Gasteiger partial charge in [0.05, 0.1) is 17.5 Å². The van der Waals surface area contributed by atoms with Crippen molar-refractivity contribution in [2.24, 2.45) is 0 Å². The van der Waals surface area contributed by atoms with Gasteiger partial charge in [0.2, 0.25) is 10.0 Å². The van der Waals surface area contributed by atoms with Crippen molar-refractivity contribution in [3.05, 3.63) is 53.3 Å². The molecule has 0 aliphatic carbocycles. The zero-order valence-corrected chi connectivity index (χ0v) is 17.7. The summed E-state index contributed by atoms with van der Waals surface area (Å²) in [6, 6.07) is 9.28. The van der Waals surface area contributed by atoms with E-state index in [0.29, 0.717) is 46.5 Å². The summed E-state index contributed by atoms with van der Waals surface area (Å²) < 4.78 is 45.7. The van der Waals surface area contributed by atoms with E-state index in [1.807, 2.05) is 6.07 Å². The van der Waals surface area contributed by atoms with E-state index in [9.17, 15) is 17.6 Å². The van der Waals surface area contributed by atoms with E-state index in [1.165, 1.54) is 29.7 Å². The van der Waals surface area contributed by atoms with Crippen LogP contribution in [0.3, 0.4) is 0 Å². The molecule has 0 atom stereocenters. The van der Waals surface area contributed by atoms with Crippen molar-refractivity contribution in [1.29, 1.82) is 0 Å². The molecule has 1 aromatic heterocycles. The zero-order valence-electron chi connectivity index (χ0n) is 16.9. The number of rotatable bonds is 3. The number of amides is 1. The monoisotopic (exact) mass is 446 g/mol. The third-order valence-corrected chi connectivity index (χ3v) is 6.61. The number of anilines is 1. The second kappa shape index (κ2) is 8.70. The SMILES string of the molecule is C.CNC(=O)c1c(-c2ccc(F)cc2)oc2cc3c(cc12)CCCCCN3S(C)(=O)=O. The fourth-order valence-electron chi connectivity index (χ4n) is 3.98. The van der Waals surface area contributed by atoms with Crippen LogP contribution in [0.15, 0.2) is 40.8 Å². The Bertz CT molecular complexity index is 1220. The van der Waals surface area contributed by atoms with E-state index >= 15 is 0 Å². The minimum Gasteiger partial charge on any atom is -0.455 e. The highest BCUT2D eigenvalue weighted by molar-refractivity contribution is 7.92. The summed E-state index contributed by atoms with van der Waals surface area (Å²) in [6.07, 6.45) is 4.56. The van der Waals surface area contributed by atoms with Crippen LogP contribution in [0.1, 0.15) is 42.6 Å². The first-order valence-electron chi connectivity index (χ1n) is 9.84. The summed E-state index contributed by atoms with van der Waals surface area (Å²) in [5, 5.41) is 3.25. The Morgan fingerprint density at radius 1 is 1.13 bits per heavy atom. The van der Waals surface area contributed by atoms with Gasteiger partial charge in [0.25, 0.3) is 5.91 Å². The maximum atomic E-state index is 13.4. The minimum absolute atomic E-state index is 0. The molecule has 0 saturated carbocycles. The van der Waals surface area contributed by atoms with E-state index in [-0.39, 0.29) is 19.2 Å². The van der Waals surface area contributed by atoms with Crippen LogP contribution in [0, 0.1) is 5.82 Å². The topological polar surface area (TPSA) is 79.6 Å². The van der Waals surface area contributed by atoms with Gasteiger partial charge in [0.15, 0.2) is 0 Å². The number of hydrogen-bond acceptors (Lipinski definition) is 4. The highest BCUT2D eigenvalue weighted by Crippen LogP contribution is 2.39. The molecule has 3 aromatic rings. The van der Waals surface area contributed by atoms with Crippen molar-refractivity contribution in [3.8, 4) is 11.3 Å². The van der Waals surface area contributed by atoms with Gasteiger partial charge in [0.1, 0.15) is 17.2 Å². The summed E-state index contributed by atoms with van der Waals surface area (Å²) in [6.45, 7) is 0.408. The minimum atomic E-state index is -3.46. The van der Waals surface area contributed by atoms with Crippen LogP contribution >= 0.6 is 0 Å². The van der Waals surface area contributed by atoms with Gasteiger partial charge < -0.3 is 9.73 Å². The highest BCUT2D eigenvalue weighted by Gasteiger charge is 2.27. The second-order valence-electron chi connectivity index (χ2n) is 7.52. The third kappa shape index (κ3) is 4.30. The molecule has 0 unspecified atom stereocenters. The maximum Gasteiger partial charge on any atom is 0.255 e. The number of nitrogens with one attached hydrogen (secondary N) is 1. The molecule has 2 aromatic carbocycles. The van der Waals surface area contributed by atoms with Gasteiger partial charge >= 0.3 is 0 Å². The van der Waals surface area contributed by atoms with Crippen molar-refractivity contribution >= 4 is 32.6 Å². The number of benzene rings is 2. The fourth-order valence-corrected chi connectivity index (χ4v) is 4.96. The Morgan fingerprint density at radius 3 is 2.48 bits per heavy atom. The zero-order chi connectivity index (χ0) is 21.5. The first kappa shape index (κ1) is 22.8. The lowest BCUT2D eigenvalue weighted by atomic mass is 9.98. The standard InChI is InChI=1S/C22H23FN2O4S.CH4/c1-24-22(26)20-17-12-15-6-4-3-5-11-25(30(2,27)28)18(15)13-19(17)29-21(20)14-7-9-16(23)10-8-14;/h7-10,12-13H,3-6,11H2,1-2H3,(H,24,26);1H4. The molecule has 0 spiro atoms. The fraction of sp³-hybridized carbons (Fsp3) is 0.348. The smallest absolute Gasteiger partial charge is 0.255 e. The summed E-state index contributed by atoms with van der Waals surface area (Å²) >= 11 is 0. The van der Waals surface area contributed by atoms with E-state index < -0.39 is 10.0 Å². The largest absolute Gasteiger partial charge is 0.455 e. The third-order valence-electron chi connectivity index (χ3n) is 5.43. The van der Waals surface area contributed by atoms with Gasteiger partial charge in [-0.3, -0.25) is 9.10 Å². The Kier molecular flexibility index (Phi) is 6.40. The molecule has 1 N–H and O–H groups in total. The van der Waals surface area contributed by atoms with Crippen LogP contribution in [-0.4, -0.2) is 34.2 Å². The molecule has 4 rings (SSSR count). The summed E-state index contributed by atoms with van der Waals surface area (Å²) in [4.78, 5) is 12.7. The molecule has 0 bridgehead atoms. The highest BCUT2D eigenvalue weighted by atomic mass is 32.2. The van der Waals surface area contributed by atoms with Crippen molar-refractivity contribution in [2.45, 2.75) is 33.1 Å². The first-order valence-corrected chi connectivity index (χ1v) is 11.7. The first-order chi connectivity index (χ1) is 14.3. The molecule has 166 valence electrons. The van der Waals surface area contributed by atoms with E-state index in [2.05, 4.69) is 5.32 Å². The number of nitrogens with zero attached hydrogens (tertiary/aromatic N) is 1. The molecule has 1 aliphatic heterocycles. The lowest BCUT2D eigenvalue weighted by Crippen LogP contribution is -2.32. The quantitative estimate of drug-likeness (QED) is 0.631. The van der Waals surface area contributed by atoms with Crippen molar-refractivity contribution in [3.63, 3.8) is 0 Å². The van der Waals surface area contributed by atoms with Gasteiger partial charge in [0, 0.05) is 30.6 Å². The lowest BCUT2D eigenvalue weighted by Gasteiger charge is -2.27. The number of hydrogen-bond donors (Lipinski definition) is 1. The number of fused-ring (bicyclic) bond motifs is 2. The van der Waals surface area contributed by atoms with Crippen LogP contribution in [-0.2, 0) is 16.4 Å². The average Bonchev–Trinajstić information content (AvgIpc) is 3.05. The van der Waals surface area contributed by atoms with Gasteiger partial charge in [-0.15, -0.1) is 0 Å². The molecule has 1 amide bonds. The number of carbonyl (C=O) groups excluding carboxylic acids is 1. The lowest BCUT2D eigenvalue weighted by molar-refractivity contribution is 0.0964. The Morgan fingerprint density at radius 2 is 1.84 bits per heavy atom. The van der Waals surface area contributed by atoms with E-state index in [4.69, 9.17) is 4.42 Å². The van der Waals surface area contributed by atoms with Gasteiger partial charge in [-0.25, -0.2) is 12.8 Å². The predicted octanol–water partition coefficient (Wildman–Crippen LogP) is 4.73. The second-order valence-corrected chi connectivity index (χ2v) is 9.42.